The molecule has 7 nitrogen and oxygen atoms in total. The first-order valence-electron chi connectivity index (χ1n) is 9.15. The molecule has 2 atom stereocenters. The van der Waals surface area contributed by atoms with E-state index in [1.807, 2.05) is 12.1 Å². The van der Waals surface area contributed by atoms with E-state index in [0.29, 0.717) is 18.5 Å². The molecule has 7 heteroatoms. The Kier molecular flexibility index (Phi) is 5.63. The predicted octanol–water partition coefficient (Wildman–Crippen LogP) is 3.69. The van der Waals surface area contributed by atoms with E-state index in [0.717, 1.165) is 29.0 Å². The number of para-hydroxylation sites is 1. The van der Waals surface area contributed by atoms with Crippen LogP contribution in [0.4, 0.5) is 5.69 Å². The molecule has 0 spiro atoms. The molecule has 2 N–H and O–H groups in total. The van der Waals surface area contributed by atoms with Gasteiger partial charge in [0.2, 0.25) is 0 Å². The Morgan fingerprint density at radius 3 is 2.80 bits per heavy atom. The summed E-state index contributed by atoms with van der Waals surface area (Å²) in [6.45, 7) is 7.51. The van der Waals surface area contributed by atoms with Gasteiger partial charge in [0.15, 0.2) is 0 Å². The number of unbranched alkanes of at least 4 members (excludes halogenated alkanes) is 1. The molecule has 2 unspecified atom stereocenters. The molecule has 0 saturated carbocycles. The lowest BCUT2D eigenvalue weighted by Crippen LogP contribution is -2.38. The molecule has 3 aromatic rings. The Labute approximate surface area is 148 Å². The van der Waals surface area contributed by atoms with E-state index in [1.54, 1.807) is 6.33 Å². The van der Waals surface area contributed by atoms with Crippen molar-refractivity contribution < 1.29 is 0 Å². The van der Waals surface area contributed by atoms with Crippen molar-refractivity contribution in [3.63, 3.8) is 0 Å². The van der Waals surface area contributed by atoms with Gasteiger partial charge in [0.25, 0.3) is 0 Å². The molecular formula is C18H27N7. The summed E-state index contributed by atoms with van der Waals surface area (Å²) < 4.78 is 0. The summed E-state index contributed by atoms with van der Waals surface area (Å²) >= 11 is 0. The molecule has 134 valence electrons. The van der Waals surface area contributed by atoms with Crippen molar-refractivity contribution in [2.45, 2.75) is 59.0 Å². The molecule has 0 aliphatic rings. The second-order valence-electron chi connectivity index (χ2n) is 6.58. The fraction of sp³-hybridized carbons (Fsp3) is 0.556. The minimum Gasteiger partial charge on any atom is -0.359 e. The SMILES string of the molecule is CCCCC(CC)C(C)N(Cc1ncn[nH]1)c1cccc2n[nH]nc12. The zero-order valence-corrected chi connectivity index (χ0v) is 15.2. The zero-order chi connectivity index (χ0) is 17.6. The first kappa shape index (κ1) is 17.4. The maximum atomic E-state index is 4.37. The van der Waals surface area contributed by atoms with Crippen LogP contribution in [0.5, 0.6) is 0 Å². The fourth-order valence-electron chi connectivity index (χ4n) is 3.51. The number of aromatic amines is 2. The summed E-state index contributed by atoms with van der Waals surface area (Å²) in [4.78, 5) is 6.71. The van der Waals surface area contributed by atoms with E-state index in [9.17, 15) is 0 Å². The van der Waals surface area contributed by atoms with Gasteiger partial charge in [0, 0.05) is 6.04 Å². The molecule has 2 heterocycles. The van der Waals surface area contributed by atoms with Crippen LogP contribution in [0, 0.1) is 5.92 Å². The van der Waals surface area contributed by atoms with E-state index in [1.165, 1.54) is 19.3 Å². The van der Waals surface area contributed by atoms with Crippen molar-refractivity contribution in [2.24, 2.45) is 5.92 Å². The van der Waals surface area contributed by atoms with Gasteiger partial charge in [0.05, 0.1) is 12.2 Å². The van der Waals surface area contributed by atoms with E-state index in [-0.39, 0.29) is 0 Å². The van der Waals surface area contributed by atoms with Crippen LogP contribution in [0.15, 0.2) is 24.5 Å². The molecule has 25 heavy (non-hydrogen) atoms. The molecule has 3 rings (SSSR count). The molecule has 0 aliphatic carbocycles. The Balaban J connectivity index is 1.95. The standard InChI is InChI=1S/C18H27N7/c1-4-6-8-14(5-2)13(3)25(11-17-19-12-20-22-17)16-10-7-9-15-18(16)23-24-21-15/h7,9-10,12-14H,4-6,8,11H2,1-3H3,(H,19,20,22)(H,21,23,24). The highest BCUT2D eigenvalue weighted by atomic mass is 15.3. The maximum absolute atomic E-state index is 4.37. The predicted molar refractivity (Wildman–Crippen MR) is 99.2 cm³/mol. The Morgan fingerprint density at radius 1 is 1.20 bits per heavy atom. The molecule has 0 bridgehead atoms. The highest BCUT2D eigenvalue weighted by Crippen LogP contribution is 2.31. The quantitative estimate of drug-likeness (QED) is 0.620. The van der Waals surface area contributed by atoms with Crippen molar-refractivity contribution in [1.29, 1.82) is 0 Å². The minimum absolute atomic E-state index is 0.365. The third kappa shape index (κ3) is 3.81. The van der Waals surface area contributed by atoms with E-state index in [4.69, 9.17) is 0 Å². The van der Waals surface area contributed by atoms with E-state index in [2.05, 4.69) is 62.3 Å². The number of hydrogen-bond donors (Lipinski definition) is 2. The number of nitrogens with zero attached hydrogens (tertiary/aromatic N) is 5. The van der Waals surface area contributed by atoms with Gasteiger partial charge < -0.3 is 4.90 Å². The second-order valence-corrected chi connectivity index (χ2v) is 6.58. The van der Waals surface area contributed by atoms with Crippen LogP contribution >= 0.6 is 0 Å². The lowest BCUT2D eigenvalue weighted by Gasteiger charge is -2.36. The fourth-order valence-corrected chi connectivity index (χ4v) is 3.51. The van der Waals surface area contributed by atoms with Gasteiger partial charge in [-0.05, 0) is 31.4 Å². The lowest BCUT2D eigenvalue weighted by atomic mass is 9.91. The zero-order valence-electron chi connectivity index (χ0n) is 15.2. The van der Waals surface area contributed by atoms with Crippen LogP contribution in [0.2, 0.25) is 0 Å². The molecule has 0 fully saturated rings. The van der Waals surface area contributed by atoms with Crippen LogP contribution in [0.25, 0.3) is 11.0 Å². The number of anilines is 1. The van der Waals surface area contributed by atoms with Crippen LogP contribution in [0.3, 0.4) is 0 Å². The molecule has 0 radical (unpaired) electrons. The van der Waals surface area contributed by atoms with Crippen LogP contribution in [-0.2, 0) is 6.54 Å². The lowest BCUT2D eigenvalue weighted by molar-refractivity contribution is 0.366. The summed E-state index contributed by atoms with van der Waals surface area (Å²) in [5.74, 6) is 1.47. The average Bonchev–Trinajstić information content (AvgIpc) is 3.31. The third-order valence-corrected chi connectivity index (χ3v) is 5.05. The average molecular weight is 341 g/mol. The van der Waals surface area contributed by atoms with E-state index < -0.39 is 0 Å². The van der Waals surface area contributed by atoms with Crippen molar-refractivity contribution in [1.82, 2.24) is 30.6 Å². The molecule has 0 aliphatic heterocycles. The van der Waals surface area contributed by atoms with Crippen molar-refractivity contribution in [3.05, 3.63) is 30.4 Å². The van der Waals surface area contributed by atoms with Crippen molar-refractivity contribution in [2.75, 3.05) is 4.90 Å². The normalized spacial score (nSPS) is 13.9. The number of fused-ring (bicyclic) bond motifs is 1. The van der Waals surface area contributed by atoms with Gasteiger partial charge in [-0.2, -0.15) is 20.5 Å². The van der Waals surface area contributed by atoms with Gasteiger partial charge in [-0.1, -0.05) is 39.2 Å². The summed E-state index contributed by atoms with van der Waals surface area (Å²) in [6, 6.07) is 6.50. The van der Waals surface area contributed by atoms with Gasteiger partial charge in [-0.25, -0.2) is 4.98 Å². The Hall–Kier alpha value is -2.44. The topological polar surface area (TPSA) is 86.4 Å². The Bertz CT molecular complexity index is 765. The highest BCUT2D eigenvalue weighted by molar-refractivity contribution is 5.87. The summed E-state index contributed by atoms with van der Waals surface area (Å²) in [5.41, 5.74) is 2.87. The third-order valence-electron chi connectivity index (χ3n) is 5.05. The molecular weight excluding hydrogens is 314 g/mol. The van der Waals surface area contributed by atoms with Gasteiger partial charge in [0.1, 0.15) is 23.2 Å². The second kappa shape index (κ2) is 8.09. The maximum Gasteiger partial charge on any atom is 0.143 e. The number of hydrogen-bond acceptors (Lipinski definition) is 5. The summed E-state index contributed by atoms with van der Waals surface area (Å²) in [5, 5.41) is 18.3. The number of benzene rings is 1. The van der Waals surface area contributed by atoms with Crippen LogP contribution < -0.4 is 4.90 Å². The first-order chi connectivity index (χ1) is 12.2. The molecule has 1 aromatic carbocycles. The van der Waals surface area contributed by atoms with Crippen molar-refractivity contribution in [3.8, 4) is 0 Å². The van der Waals surface area contributed by atoms with Gasteiger partial charge in [-0.3, -0.25) is 5.10 Å². The van der Waals surface area contributed by atoms with Crippen LogP contribution in [0.1, 0.15) is 52.3 Å². The summed E-state index contributed by atoms with van der Waals surface area (Å²) in [6.07, 6.45) is 6.43. The number of H-pyrrole nitrogens is 2. The number of aromatic nitrogens is 6. The first-order valence-corrected chi connectivity index (χ1v) is 9.15. The largest absolute Gasteiger partial charge is 0.359 e. The van der Waals surface area contributed by atoms with E-state index >= 15 is 0 Å². The van der Waals surface area contributed by atoms with Crippen LogP contribution in [-0.4, -0.2) is 36.6 Å². The highest BCUT2D eigenvalue weighted by Gasteiger charge is 2.25. The van der Waals surface area contributed by atoms with Gasteiger partial charge >= 0.3 is 0 Å². The number of rotatable bonds is 9. The molecule has 0 saturated heterocycles. The molecule has 0 amide bonds. The van der Waals surface area contributed by atoms with Gasteiger partial charge in [-0.15, -0.1) is 0 Å². The number of nitrogens with one attached hydrogen (secondary N) is 2. The molecule has 2 aromatic heterocycles. The monoisotopic (exact) mass is 341 g/mol. The van der Waals surface area contributed by atoms with Crippen molar-refractivity contribution >= 4 is 16.7 Å². The minimum atomic E-state index is 0.365. The Morgan fingerprint density at radius 2 is 2.08 bits per heavy atom. The summed E-state index contributed by atoms with van der Waals surface area (Å²) in [7, 11) is 0. The smallest absolute Gasteiger partial charge is 0.143 e.